The number of carbonyl (C=O) groups is 1. The first kappa shape index (κ1) is 22.4. The van der Waals surface area contributed by atoms with Crippen LogP contribution in [0.1, 0.15) is 23.7 Å². The Morgan fingerprint density at radius 2 is 1.59 bits per heavy atom. The molecule has 1 saturated heterocycles. The Hall–Kier alpha value is -3.35. The van der Waals surface area contributed by atoms with Gasteiger partial charge in [0.1, 0.15) is 6.10 Å². The minimum atomic E-state index is -0.489. The standard InChI is InChI=1S/C26H20Cl2N2O4/c1-29-21-8-3-2-5-18(21)24(31)30(26(29)33)17-11-9-15(10-12-17)13-16-14-22(34-25(16)32)23-19(27)6-4-7-20(23)28/h2-12,16,22H,13-14H2,1H3. The molecule has 2 atom stereocenters. The van der Waals surface area contributed by atoms with Gasteiger partial charge in [-0.25, -0.2) is 9.36 Å². The molecular formula is C26H20Cl2N2O4. The van der Waals surface area contributed by atoms with E-state index in [9.17, 15) is 14.4 Å². The fourth-order valence-electron chi connectivity index (χ4n) is 4.50. The molecule has 34 heavy (non-hydrogen) atoms. The van der Waals surface area contributed by atoms with Gasteiger partial charge in [-0.1, -0.05) is 53.5 Å². The third-order valence-corrected chi connectivity index (χ3v) is 6.92. The number of para-hydroxylation sites is 1. The summed E-state index contributed by atoms with van der Waals surface area (Å²) in [4.78, 5) is 38.4. The van der Waals surface area contributed by atoms with Gasteiger partial charge in [-0.15, -0.1) is 0 Å². The van der Waals surface area contributed by atoms with E-state index in [-0.39, 0.29) is 17.4 Å². The molecule has 2 heterocycles. The van der Waals surface area contributed by atoms with E-state index in [1.165, 1.54) is 4.57 Å². The Labute approximate surface area is 204 Å². The fraction of sp³-hybridized carbons (Fsp3) is 0.192. The highest BCUT2D eigenvalue weighted by molar-refractivity contribution is 6.36. The molecule has 0 radical (unpaired) electrons. The number of aromatic nitrogens is 2. The second-order valence-corrected chi connectivity index (χ2v) is 9.18. The highest BCUT2D eigenvalue weighted by atomic mass is 35.5. The second kappa shape index (κ2) is 8.78. The molecule has 0 spiro atoms. The summed E-state index contributed by atoms with van der Waals surface area (Å²) in [5.74, 6) is -0.649. The van der Waals surface area contributed by atoms with Crippen molar-refractivity contribution in [3.05, 3.63) is 109 Å². The van der Waals surface area contributed by atoms with E-state index in [1.807, 2.05) is 12.1 Å². The van der Waals surface area contributed by atoms with Crippen molar-refractivity contribution in [3.63, 3.8) is 0 Å². The summed E-state index contributed by atoms with van der Waals surface area (Å²) < 4.78 is 8.19. The summed E-state index contributed by atoms with van der Waals surface area (Å²) >= 11 is 12.6. The van der Waals surface area contributed by atoms with Gasteiger partial charge >= 0.3 is 11.7 Å². The van der Waals surface area contributed by atoms with E-state index in [4.69, 9.17) is 27.9 Å². The van der Waals surface area contributed by atoms with Crippen LogP contribution in [0.4, 0.5) is 0 Å². The minimum Gasteiger partial charge on any atom is -0.457 e. The van der Waals surface area contributed by atoms with Gasteiger partial charge < -0.3 is 4.74 Å². The molecule has 0 amide bonds. The van der Waals surface area contributed by atoms with Crippen LogP contribution in [0.2, 0.25) is 10.0 Å². The third kappa shape index (κ3) is 3.83. The zero-order chi connectivity index (χ0) is 24.0. The van der Waals surface area contributed by atoms with E-state index < -0.39 is 11.8 Å². The molecule has 8 heteroatoms. The molecule has 1 aromatic heterocycles. The van der Waals surface area contributed by atoms with Crippen LogP contribution in [0.25, 0.3) is 16.6 Å². The molecule has 5 rings (SSSR count). The number of fused-ring (bicyclic) bond motifs is 1. The Balaban J connectivity index is 1.40. The number of cyclic esters (lactones) is 1. The van der Waals surface area contributed by atoms with Crippen LogP contribution in [0.15, 0.2) is 76.3 Å². The molecule has 6 nitrogen and oxygen atoms in total. The monoisotopic (exact) mass is 494 g/mol. The summed E-state index contributed by atoms with van der Waals surface area (Å²) in [6.07, 6.45) is 0.439. The van der Waals surface area contributed by atoms with Crippen molar-refractivity contribution in [1.82, 2.24) is 9.13 Å². The van der Waals surface area contributed by atoms with Crippen molar-refractivity contribution < 1.29 is 9.53 Å². The quantitative estimate of drug-likeness (QED) is 0.380. The SMILES string of the molecule is Cn1c(=O)n(-c2ccc(CC3CC(c4c(Cl)cccc4Cl)OC3=O)cc2)c(=O)c2ccccc21. The first-order valence-electron chi connectivity index (χ1n) is 10.8. The van der Waals surface area contributed by atoms with Gasteiger partial charge in [0.2, 0.25) is 0 Å². The number of aryl methyl sites for hydroxylation is 1. The zero-order valence-electron chi connectivity index (χ0n) is 18.2. The molecule has 2 unspecified atom stereocenters. The molecular weight excluding hydrogens is 475 g/mol. The number of rotatable bonds is 4. The third-order valence-electron chi connectivity index (χ3n) is 6.27. The van der Waals surface area contributed by atoms with Gasteiger partial charge in [0, 0.05) is 29.1 Å². The molecule has 0 saturated carbocycles. The van der Waals surface area contributed by atoms with Crippen molar-refractivity contribution in [2.45, 2.75) is 18.9 Å². The first-order chi connectivity index (χ1) is 16.3. The van der Waals surface area contributed by atoms with Crippen molar-refractivity contribution >= 4 is 40.1 Å². The van der Waals surface area contributed by atoms with E-state index >= 15 is 0 Å². The molecule has 1 fully saturated rings. The normalized spacial score (nSPS) is 17.8. The molecule has 1 aliphatic rings. The molecule has 0 N–H and O–H groups in total. The van der Waals surface area contributed by atoms with Crippen LogP contribution in [-0.4, -0.2) is 15.1 Å². The molecule has 0 bridgehead atoms. The average molecular weight is 495 g/mol. The maximum absolute atomic E-state index is 13.0. The number of carbonyl (C=O) groups excluding carboxylic acids is 1. The lowest BCUT2D eigenvalue weighted by Gasteiger charge is -2.13. The Kier molecular flexibility index (Phi) is 5.80. The fourth-order valence-corrected chi connectivity index (χ4v) is 5.14. The zero-order valence-corrected chi connectivity index (χ0v) is 19.7. The number of esters is 1. The van der Waals surface area contributed by atoms with Crippen LogP contribution >= 0.6 is 23.2 Å². The van der Waals surface area contributed by atoms with Crippen LogP contribution in [0.5, 0.6) is 0 Å². The molecule has 3 aromatic carbocycles. The summed E-state index contributed by atoms with van der Waals surface area (Å²) in [6.45, 7) is 0. The molecule has 4 aromatic rings. The maximum Gasteiger partial charge on any atom is 0.335 e. The molecule has 1 aliphatic heterocycles. The smallest absolute Gasteiger partial charge is 0.335 e. The topological polar surface area (TPSA) is 70.3 Å². The molecule has 0 aliphatic carbocycles. The van der Waals surface area contributed by atoms with Gasteiger partial charge in [-0.05, 0) is 48.4 Å². The van der Waals surface area contributed by atoms with Crippen LogP contribution in [-0.2, 0) is 23.0 Å². The Morgan fingerprint density at radius 3 is 2.29 bits per heavy atom. The van der Waals surface area contributed by atoms with Crippen molar-refractivity contribution in [1.29, 1.82) is 0 Å². The predicted molar refractivity (Wildman–Crippen MR) is 132 cm³/mol. The van der Waals surface area contributed by atoms with Crippen molar-refractivity contribution in [2.75, 3.05) is 0 Å². The van der Waals surface area contributed by atoms with Crippen LogP contribution < -0.4 is 11.2 Å². The van der Waals surface area contributed by atoms with Gasteiger partial charge in [0.15, 0.2) is 0 Å². The second-order valence-electron chi connectivity index (χ2n) is 8.36. The molecule has 172 valence electrons. The number of hydrogen-bond acceptors (Lipinski definition) is 4. The lowest BCUT2D eigenvalue weighted by atomic mass is 9.94. The van der Waals surface area contributed by atoms with Crippen LogP contribution in [0, 0.1) is 5.92 Å². The summed E-state index contributed by atoms with van der Waals surface area (Å²) in [6, 6.07) is 19.3. The van der Waals surface area contributed by atoms with Crippen molar-refractivity contribution in [3.8, 4) is 5.69 Å². The summed E-state index contributed by atoms with van der Waals surface area (Å²) in [7, 11) is 1.64. The average Bonchev–Trinajstić information content (AvgIpc) is 3.18. The number of hydrogen-bond donors (Lipinski definition) is 0. The Bertz CT molecular complexity index is 1520. The highest BCUT2D eigenvalue weighted by Gasteiger charge is 2.37. The van der Waals surface area contributed by atoms with Gasteiger partial charge in [-0.3, -0.25) is 14.2 Å². The number of benzene rings is 3. The van der Waals surface area contributed by atoms with Gasteiger partial charge in [0.05, 0.1) is 22.5 Å². The summed E-state index contributed by atoms with van der Waals surface area (Å²) in [5, 5.41) is 1.40. The Morgan fingerprint density at radius 1 is 0.912 bits per heavy atom. The van der Waals surface area contributed by atoms with E-state index in [1.54, 1.807) is 61.6 Å². The van der Waals surface area contributed by atoms with E-state index in [2.05, 4.69) is 0 Å². The largest absolute Gasteiger partial charge is 0.457 e. The number of halogens is 2. The highest BCUT2D eigenvalue weighted by Crippen LogP contribution is 2.41. The van der Waals surface area contributed by atoms with Crippen LogP contribution in [0.3, 0.4) is 0 Å². The minimum absolute atomic E-state index is 0.301. The number of nitrogens with zero attached hydrogens (tertiary/aromatic N) is 2. The van der Waals surface area contributed by atoms with Gasteiger partial charge in [0.25, 0.3) is 5.56 Å². The van der Waals surface area contributed by atoms with Crippen molar-refractivity contribution in [2.24, 2.45) is 13.0 Å². The summed E-state index contributed by atoms with van der Waals surface area (Å²) in [5.41, 5.74) is 1.78. The lowest BCUT2D eigenvalue weighted by molar-refractivity contribution is -0.144. The van der Waals surface area contributed by atoms with E-state index in [0.717, 1.165) is 10.1 Å². The number of ether oxygens (including phenoxy) is 1. The van der Waals surface area contributed by atoms with E-state index in [0.29, 0.717) is 45.0 Å². The maximum atomic E-state index is 13.0. The first-order valence-corrected chi connectivity index (χ1v) is 11.5. The van der Waals surface area contributed by atoms with Gasteiger partial charge in [-0.2, -0.15) is 0 Å². The predicted octanol–water partition coefficient (Wildman–Crippen LogP) is 4.84. The lowest BCUT2D eigenvalue weighted by Crippen LogP contribution is -2.37.